The molecule has 0 bridgehead atoms. The molecule has 1 aromatic carbocycles. The van der Waals surface area contributed by atoms with Crippen LogP contribution < -0.4 is 16.6 Å². The van der Waals surface area contributed by atoms with Gasteiger partial charge in [0, 0.05) is 23.6 Å². The smallest absolute Gasteiger partial charge is 0.265 e. The number of hydrazine groups is 1. The van der Waals surface area contributed by atoms with E-state index in [4.69, 9.17) is 5.73 Å². The summed E-state index contributed by atoms with van der Waals surface area (Å²) in [6, 6.07) is 17.6. The molecule has 0 aliphatic rings. The van der Waals surface area contributed by atoms with E-state index in [0.717, 1.165) is 11.4 Å². The molecule has 0 atom stereocenters. The molecule has 0 unspecified atom stereocenters. The number of amides is 1. The summed E-state index contributed by atoms with van der Waals surface area (Å²) in [6.45, 7) is 0. The Hall–Kier alpha value is -3.25. The third kappa shape index (κ3) is 3.74. The predicted molar refractivity (Wildman–Crippen MR) is 91.8 cm³/mol. The average molecular weight is 319 g/mol. The van der Waals surface area contributed by atoms with Crippen LogP contribution in [0.4, 0.5) is 5.69 Å². The van der Waals surface area contributed by atoms with Crippen molar-refractivity contribution in [1.29, 1.82) is 0 Å². The normalized spacial score (nSPS) is 10.5. The first-order valence-electron chi connectivity index (χ1n) is 7.47. The van der Waals surface area contributed by atoms with E-state index in [0.29, 0.717) is 11.3 Å². The SMILES string of the molecule is Nc1ccc(C(=O)NNC(c2ccccn2)c2ccccn2)cc1. The molecule has 0 aliphatic carbocycles. The van der Waals surface area contributed by atoms with Gasteiger partial charge in [0.05, 0.1) is 11.4 Å². The minimum absolute atomic E-state index is 0.258. The van der Waals surface area contributed by atoms with E-state index in [1.165, 1.54) is 0 Å². The fraction of sp³-hybridized carbons (Fsp3) is 0.0556. The number of carbonyl (C=O) groups is 1. The van der Waals surface area contributed by atoms with Crippen molar-refractivity contribution in [2.24, 2.45) is 0 Å². The lowest BCUT2D eigenvalue weighted by atomic mass is 10.1. The van der Waals surface area contributed by atoms with Gasteiger partial charge in [-0.05, 0) is 48.5 Å². The van der Waals surface area contributed by atoms with Gasteiger partial charge in [-0.15, -0.1) is 0 Å². The van der Waals surface area contributed by atoms with Gasteiger partial charge in [-0.3, -0.25) is 20.2 Å². The maximum atomic E-state index is 12.3. The number of nitrogens with one attached hydrogen (secondary N) is 2. The number of hydrogen-bond donors (Lipinski definition) is 3. The first-order chi connectivity index (χ1) is 11.7. The first-order valence-corrected chi connectivity index (χ1v) is 7.47. The lowest BCUT2D eigenvalue weighted by Gasteiger charge is -2.18. The highest BCUT2D eigenvalue weighted by Gasteiger charge is 2.17. The van der Waals surface area contributed by atoms with Gasteiger partial charge in [0.2, 0.25) is 0 Å². The summed E-state index contributed by atoms with van der Waals surface area (Å²) in [7, 11) is 0. The number of nitrogen functional groups attached to an aromatic ring is 1. The third-order valence-corrected chi connectivity index (χ3v) is 3.47. The average Bonchev–Trinajstić information content (AvgIpc) is 2.64. The van der Waals surface area contributed by atoms with Crippen molar-refractivity contribution in [3.8, 4) is 0 Å². The van der Waals surface area contributed by atoms with Crippen molar-refractivity contribution in [3.05, 3.63) is 90.0 Å². The van der Waals surface area contributed by atoms with Crippen LogP contribution in [0, 0.1) is 0 Å². The molecule has 0 aliphatic heterocycles. The van der Waals surface area contributed by atoms with Crippen LogP contribution in [-0.2, 0) is 0 Å². The predicted octanol–water partition coefficient (Wildman–Crippen LogP) is 2.08. The molecule has 24 heavy (non-hydrogen) atoms. The first kappa shape index (κ1) is 15.6. The molecule has 0 fully saturated rings. The molecule has 4 N–H and O–H groups in total. The van der Waals surface area contributed by atoms with Crippen molar-refractivity contribution >= 4 is 11.6 Å². The zero-order chi connectivity index (χ0) is 16.8. The van der Waals surface area contributed by atoms with Gasteiger partial charge in [0.1, 0.15) is 6.04 Å². The number of nitrogens with zero attached hydrogens (tertiary/aromatic N) is 2. The van der Waals surface area contributed by atoms with E-state index in [2.05, 4.69) is 20.8 Å². The molecule has 0 saturated carbocycles. The van der Waals surface area contributed by atoms with Gasteiger partial charge < -0.3 is 5.73 Å². The Bertz CT molecular complexity index is 751. The van der Waals surface area contributed by atoms with Gasteiger partial charge in [-0.1, -0.05) is 12.1 Å². The second kappa shape index (κ2) is 7.34. The number of aromatic nitrogens is 2. The van der Waals surface area contributed by atoms with Gasteiger partial charge in [0.25, 0.3) is 5.91 Å². The number of hydrogen-bond acceptors (Lipinski definition) is 5. The van der Waals surface area contributed by atoms with Crippen LogP contribution in [0.15, 0.2) is 73.1 Å². The Labute approximate surface area is 139 Å². The molecule has 3 aromatic rings. The maximum Gasteiger partial charge on any atom is 0.265 e. The molecule has 0 spiro atoms. The van der Waals surface area contributed by atoms with Gasteiger partial charge in [0.15, 0.2) is 0 Å². The standard InChI is InChI=1S/C18H17N5O/c19-14-9-7-13(8-10-14)18(24)23-22-17(15-5-1-3-11-20-15)16-6-2-4-12-21-16/h1-12,17,22H,19H2,(H,23,24). The van der Waals surface area contributed by atoms with Crippen molar-refractivity contribution in [1.82, 2.24) is 20.8 Å². The summed E-state index contributed by atoms with van der Waals surface area (Å²) < 4.78 is 0. The topological polar surface area (TPSA) is 92.9 Å². The Balaban J connectivity index is 1.77. The number of carbonyl (C=O) groups excluding carboxylic acids is 1. The zero-order valence-corrected chi connectivity index (χ0v) is 12.9. The fourth-order valence-corrected chi connectivity index (χ4v) is 2.24. The van der Waals surface area contributed by atoms with Crippen LogP contribution in [-0.4, -0.2) is 15.9 Å². The van der Waals surface area contributed by atoms with Crippen molar-refractivity contribution in [3.63, 3.8) is 0 Å². The minimum Gasteiger partial charge on any atom is -0.399 e. The largest absolute Gasteiger partial charge is 0.399 e. The fourth-order valence-electron chi connectivity index (χ4n) is 2.24. The molecule has 0 radical (unpaired) electrons. The molecule has 1 amide bonds. The molecular formula is C18H17N5O. The van der Waals surface area contributed by atoms with E-state index in [1.54, 1.807) is 36.7 Å². The van der Waals surface area contributed by atoms with E-state index in [-0.39, 0.29) is 11.9 Å². The molecule has 6 nitrogen and oxygen atoms in total. The van der Waals surface area contributed by atoms with Gasteiger partial charge in [-0.2, -0.15) is 0 Å². The van der Waals surface area contributed by atoms with Gasteiger partial charge in [-0.25, -0.2) is 5.43 Å². The summed E-state index contributed by atoms with van der Waals surface area (Å²) >= 11 is 0. The summed E-state index contributed by atoms with van der Waals surface area (Å²) in [5.74, 6) is -0.258. The van der Waals surface area contributed by atoms with Gasteiger partial charge >= 0.3 is 0 Å². The summed E-state index contributed by atoms with van der Waals surface area (Å²) in [5.41, 5.74) is 14.0. The third-order valence-electron chi connectivity index (χ3n) is 3.47. The summed E-state index contributed by atoms with van der Waals surface area (Å²) in [4.78, 5) is 21.0. The highest BCUT2D eigenvalue weighted by Crippen LogP contribution is 2.17. The Morgan fingerprint density at radius 2 is 1.46 bits per heavy atom. The Kier molecular flexibility index (Phi) is 4.78. The molecule has 6 heteroatoms. The molecule has 2 aromatic heterocycles. The number of rotatable bonds is 5. The molecule has 0 saturated heterocycles. The lowest BCUT2D eigenvalue weighted by molar-refractivity contribution is 0.0927. The minimum atomic E-state index is -0.356. The highest BCUT2D eigenvalue weighted by molar-refractivity contribution is 5.94. The quantitative estimate of drug-likeness (QED) is 0.494. The van der Waals surface area contributed by atoms with Crippen LogP contribution in [0.3, 0.4) is 0 Å². The van der Waals surface area contributed by atoms with Crippen molar-refractivity contribution in [2.75, 3.05) is 5.73 Å². The lowest BCUT2D eigenvalue weighted by Crippen LogP contribution is -2.41. The number of anilines is 1. The second-order valence-corrected chi connectivity index (χ2v) is 5.16. The van der Waals surface area contributed by atoms with E-state index < -0.39 is 0 Å². The van der Waals surface area contributed by atoms with E-state index in [1.807, 2.05) is 36.4 Å². The van der Waals surface area contributed by atoms with Crippen LogP contribution in [0.2, 0.25) is 0 Å². The van der Waals surface area contributed by atoms with Crippen LogP contribution in [0.25, 0.3) is 0 Å². The Morgan fingerprint density at radius 1 is 0.875 bits per heavy atom. The molecule has 3 rings (SSSR count). The monoisotopic (exact) mass is 319 g/mol. The van der Waals surface area contributed by atoms with E-state index in [9.17, 15) is 4.79 Å². The summed E-state index contributed by atoms with van der Waals surface area (Å²) in [5, 5.41) is 0. The molecule has 120 valence electrons. The van der Waals surface area contributed by atoms with Crippen LogP contribution in [0.5, 0.6) is 0 Å². The molecule has 2 heterocycles. The second-order valence-electron chi connectivity index (χ2n) is 5.16. The van der Waals surface area contributed by atoms with Crippen LogP contribution in [0.1, 0.15) is 27.8 Å². The molecular weight excluding hydrogens is 302 g/mol. The number of pyridine rings is 2. The van der Waals surface area contributed by atoms with Crippen molar-refractivity contribution < 1.29 is 4.79 Å². The van der Waals surface area contributed by atoms with Crippen LogP contribution >= 0.6 is 0 Å². The maximum absolute atomic E-state index is 12.3. The zero-order valence-electron chi connectivity index (χ0n) is 12.9. The number of benzene rings is 1. The van der Waals surface area contributed by atoms with Crippen molar-refractivity contribution in [2.45, 2.75) is 6.04 Å². The summed E-state index contributed by atoms with van der Waals surface area (Å²) in [6.07, 6.45) is 3.41. The number of nitrogens with two attached hydrogens (primary N) is 1. The van der Waals surface area contributed by atoms with E-state index >= 15 is 0 Å². The highest BCUT2D eigenvalue weighted by atomic mass is 16.2. The Morgan fingerprint density at radius 3 is 1.96 bits per heavy atom.